The molecule has 2 aliphatic carbocycles. The van der Waals surface area contributed by atoms with Crippen LogP contribution in [0.2, 0.25) is 0 Å². The maximum Gasteiger partial charge on any atom is 0.253 e. The molecule has 3 heterocycles. The molecule has 1 aromatic carbocycles. The first kappa shape index (κ1) is 26.0. The molecule has 38 heavy (non-hydrogen) atoms. The van der Waals surface area contributed by atoms with Crippen molar-refractivity contribution >= 4 is 5.91 Å². The largest absolute Gasteiger partial charge is 0.493 e. The molecule has 3 fully saturated rings. The van der Waals surface area contributed by atoms with E-state index in [1.807, 2.05) is 0 Å². The Kier molecular flexibility index (Phi) is 6.86. The molecule has 1 atom stereocenters. The minimum absolute atomic E-state index is 0.0230. The molecule has 1 aromatic heterocycles. The number of ether oxygens (including phenoxy) is 2. The number of nitrogens with one attached hydrogen (secondary N) is 1. The van der Waals surface area contributed by atoms with Crippen molar-refractivity contribution in [1.82, 2.24) is 9.88 Å². The summed E-state index contributed by atoms with van der Waals surface area (Å²) in [5.41, 5.74) is 7.28. The van der Waals surface area contributed by atoms with Gasteiger partial charge in [-0.15, -0.1) is 0 Å². The normalized spacial score (nSPS) is 22.8. The van der Waals surface area contributed by atoms with Crippen LogP contribution >= 0.6 is 0 Å². The lowest BCUT2D eigenvalue weighted by Gasteiger charge is -2.33. The third-order valence-corrected chi connectivity index (χ3v) is 9.74. The minimum Gasteiger partial charge on any atom is -0.493 e. The van der Waals surface area contributed by atoms with Gasteiger partial charge in [0.05, 0.1) is 18.3 Å². The number of benzene rings is 1. The third-order valence-electron chi connectivity index (χ3n) is 9.74. The van der Waals surface area contributed by atoms with Crippen molar-refractivity contribution in [2.45, 2.75) is 115 Å². The Morgan fingerprint density at radius 3 is 2.50 bits per heavy atom. The van der Waals surface area contributed by atoms with Crippen LogP contribution in [-0.4, -0.2) is 36.3 Å². The predicted octanol–water partition coefficient (Wildman–Crippen LogP) is 7.06. The van der Waals surface area contributed by atoms with E-state index in [9.17, 15) is 4.79 Å². The molecule has 0 bridgehead atoms. The van der Waals surface area contributed by atoms with Crippen molar-refractivity contribution < 1.29 is 14.3 Å². The van der Waals surface area contributed by atoms with Crippen molar-refractivity contribution in [2.75, 3.05) is 19.8 Å². The predicted molar refractivity (Wildman–Crippen MR) is 152 cm³/mol. The van der Waals surface area contributed by atoms with Crippen molar-refractivity contribution in [3.05, 3.63) is 40.6 Å². The molecule has 2 aromatic rings. The van der Waals surface area contributed by atoms with Crippen molar-refractivity contribution in [1.29, 1.82) is 0 Å². The van der Waals surface area contributed by atoms with Crippen molar-refractivity contribution in [3.63, 3.8) is 0 Å². The molecule has 1 amide bonds. The molecule has 4 aliphatic rings. The summed E-state index contributed by atoms with van der Waals surface area (Å²) in [7, 11) is 0. The van der Waals surface area contributed by atoms with E-state index in [1.165, 1.54) is 67.3 Å². The standard InChI is InChI=1S/C33H46N2O3/c1-22-26(31(36)34-20-25-11-8-15-37-25)19-29(35(22)21-23-9-6-5-7-10-23)24-17-27(32(2,3)4)30-28(18-24)33(12-13-33)14-16-38-30/h17-19,23,25H,5-16,20-21H2,1-4H3,(H,34,36)/t25-/m1/s1. The van der Waals surface area contributed by atoms with E-state index in [0.29, 0.717) is 17.9 Å². The van der Waals surface area contributed by atoms with Gasteiger partial charge in [-0.3, -0.25) is 4.79 Å². The summed E-state index contributed by atoms with van der Waals surface area (Å²) >= 11 is 0. The molecule has 206 valence electrons. The van der Waals surface area contributed by atoms with Gasteiger partial charge in [0, 0.05) is 47.6 Å². The Bertz CT molecular complexity index is 1170. The highest BCUT2D eigenvalue weighted by Gasteiger charge is 2.49. The Morgan fingerprint density at radius 1 is 1.03 bits per heavy atom. The summed E-state index contributed by atoms with van der Waals surface area (Å²) in [6.07, 6.45) is 12.5. The van der Waals surface area contributed by atoms with Crippen LogP contribution in [0.4, 0.5) is 0 Å². The van der Waals surface area contributed by atoms with Crippen LogP contribution in [0, 0.1) is 12.8 Å². The first-order valence-electron chi connectivity index (χ1n) is 15.2. The lowest BCUT2D eigenvalue weighted by atomic mass is 9.79. The zero-order valence-corrected chi connectivity index (χ0v) is 24.0. The number of hydrogen-bond acceptors (Lipinski definition) is 3. The van der Waals surface area contributed by atoms with Crippen molar-refractivity contribution in [2.24, 2.45) is 5.92 Å². The first-order chi connectivity index (χ1) is 18.2. The van der Waals surface area contributed by atoms with E-state index in [-0.39, 0.29) is 17.4 Å². The van der Waals surface area contributed by atoms with Gasteiger partial charge in [0.1, 0.15) is 5.75 Å². The van der Waals surface area contributed by atoms with Gasteiger partial charge >= 0.3 is 0 Å². The summed E-state index contributed by atoms with van der Waals surface area (Å²) < 4.78 is 14.6. The molecule has 2 saturated carbocycles. The molecule has 6 rings (SSSR count). The van der Waals surface area contributed by atoms with Crippen LogP contribution in [0.15, 0.2) is 18.2 Å². The molecular formula is C33H46N2O3. The first-order valence-corrected chi connectivity index (χ1v) is 15.2. The van der Waals surface area contributed by atoms with E-state index in [2.05, 4.69) is 55.8 Å². The fourth-order valence-corrected chi connectivity index (χ4v) is 7.12. The molecule has 5 heteroatoms. The zero-order valence-electron chi connectivity index (χ0n) is 24.0. The number of fused-ring (bicyclic) bond motifs is 2. The quantitative estimate of drug-likeness (QED) is 0.445. The van der Waals surface area contributed by atoms with E-state index >= 15 is 0 Å². The summed E-state index contributed by atoms with van der Waals surface area (Å²) in [5.74, 6) is 1.83. The molecule has 0 unspecified atom stereocenters. The van der Waals surface area contributed by atoms with Gasteiger partial charge in [-0.05, 0) is 87.0 Å². The van der Waals surface area contributed by atoms with Crippen LogP contribution < -0.4 is 10.1 Å². The SMILES string of the molecule is Cc1c(C(=O)NC[C@H]2CCCO2)cc(-c2cc(C(C)(C)C)c3c(c2)C2(CCO3)CC2)n1CC1CCCCC1. The molecule has 0 radical (unpaired) electrons. The van der Waals surface area contributed by atoms with Gasteiger partial charge in [0.2, 0.25) is 0 Å². The highest BCUT2D eigenvalue weighted by Crippen LogP contribution is 2.58. The third kappa shape index (κ3) is 4.92. The van der Waals surface area contributed by atoms with Crippen molar-refractivity contribution in [3.8, 4) is 17.0 Å². The number of rotatable bonds is 6. The second-order valence-electron chi connectivity index (χ2n) is 13.5. The second-order valence-corrected chi connectivity index (χ2v) is 13.5. The fraction of sp³-hybridized carbons (Fsp3) is 0.667. The van der Waals surface area contributed by atoms with Crippen LogP contribution in [-0.2, 0) is 22.1 Å². The van der Waals surface area contributed by atoms with Gasteiger partial charge in [-0.1, -0.05) is 40.0 Å². The van der Waals surface area contributed by atoms with Gasteiger partial charge in [0.25, 0.3) is 5.91 Å². The van der Waals surface area contributed by atoms with Crippen LogP contribution in [0.5, 0.6) is 5.75 Å². The summed E-state index contributed by atoms with van der Waals surface area (Å²) in [6, 6.07) is 6.94. The fourth-order valence-electron chi connectivity index (χ4n) is 7.12. The molecule has 2 aliphatic heterocycles. The highest BCUT2D eigenvalue weighted by atomic mass is 16.5. The van der Waals surface area contributed by atoms with Gasteiger partial charge in [-0.2, -0.15) is 0 Å². The summed E-state index contributed by atoms with van der Waals surface area (Å²) in [5, 5.41) is 3.19. The Hall–Kier alpha value is -2.27. The zero-order chi connectivity index (χ0) is 26.5. The lowest BCUT2D eigenvalue weighted by Crippen LogP contribution is -2.32. The number of amides is 1. The average molecular weight is 519 g/mol. The maximum atomic E-state index is 13.5. The van der Waals surface area contributed by atoms with E-state index in [0.717, 1.165) is 56.0 Å². The van der Waals surface area contributed by atoms with Crippen LogP contribution in [0.1, 0.15) is 112 Å². The second kappa shape index (κ2) is 10.0. The van der Waals surface area contributed by atoms with Gasteiger partial charge < -0.3 is 19.4 Å². The Morgan fingerprint density at radius 2 is 1.82 bits per heavy atom. The molecule has 5 nitrogen and oxygen atoms in total. The van der Waals surface area contributed by atoms with E-state index < -0.39 is 0 Å². The Balaban J connectivity index is 1.42. The molecule has 1 spiro atoms. The lowest BCUT2D eigenvalue weighted by molar-refractivity contribution is 0.0857. The minimum atomic E-state index is -0.0230. The average Bonchev–Trinajstić information content (AvgIpc) is 3.32. The summed E-state index contributed by atoms with van der Waals surface area (Å²) in [6.45, 7) is 12.2. The van der Waals surface area contributed by atoms with Crippen LogP contribution in [0.25, 0.3) is 11.3 Å². The number of carbonyl (C=O) groups excluding carboxylic acids is 1. The molecular weight excluding hydrogens is 472 g/mol. The molecule has 1 saturated heterocycles. The number of aromatic nitrogens is 1. The number of hydrogen-bond donors (Lipinski definition) is 1. The molecule has 1 N–H and O–H groups in total. The number of carbonyl (C=O) groups is 1. The maximum absolute atomic E-state index is 13.5. The van der Waals surface area contributed by atoms with E-state index in [1.54, 1.807) is 0 Å². The smallest absolute Gasteiger partial charge is 0.253 e. The van der Waals surface area contributed by atoms with Gasteiger partial charge in [0.15, 0.2) is 0 Å². The summed E-state index contributed by atoms with van der Waals surface area (Å²) in [4.78, 5) is 13.5. The Labute approximate surface area is 228 Å². The topological polar surface area (TPSA) is 52.5 Å². The highest BCUT2D eigenvalue weighted by molar-refractivity contribution is 5.97. The van der Waals surface area contributed by atoms with E-state index in [4.69, 9.17) is 9.47 Å². The monoisotopic (exact) mass is 518 g/mol. The number of nitrogens with zero attached hydrogens (tertiary/aromatic N) is 1. The van der Waals surface area contributed by atoms with Gasteiger partial charge in [-0.25, -0.2) is 0 Å². The van der Waals surface area contributed by atoms with Crippen LogP contribution in [0.3, 0.4) is 0 Å².